The van der Waals surface area contributed by atoms with Crippen LogP contribution in [0.15, 0.2) is 21.6 Å². The van der Waals surface area contributed by atoms with Crippen LogP contribution in [0.4, 0.5) is 17.6 Å². The standard InChI is InChI=1S/C17H17F4N5O4S/c18-13(19)15(27)23-9-3-1-2-4-11(9)26-7-10-12(31(26,28)29)5-8(6-22-10)16-24-25-17(30-16)14(20)21/h5-6,9,11,13-14H,1-4,7H2,(H,23,27)/t9-,11-/m1/s1. The zero-order valence-corrected chi connectivity index (χ0v) is 16.7. The normalized spacial score (nSPS) is 23.3. The molecule has 1 amide bonds. The maximum Gasteiger partial charge on any atom is 0.315 e. The first-order valence-corrected chi connectivity index (χ1v) is 10.8. The Bertz CT molecular complexity index is 1090. The molecular weight excluding hydrogens is 446 g/mol. The third kappa shape index (κ3) is 4.01. The molecule has 1 aliphatic carbocycles. The quantitative estimate of drug-likeness (QED) is 0.676. The fourth-order valence-electron chi connectivity index (χ4n) is 3.90. The van der Waals surface area contributed by atoms with E-state index < -0.39 is 46.8 Å². The predicted octanol–water partition coefficient (Wildman–Crippen LogP) is 2.27. The maximum atomic E-state index is 13.2. The summed E-state index contributed by atoms with van der Waals surface area (Å²) in [4.78, 5) is 15.4. The average Bonchev–Trinajstić information content (AvgIpc) is 3.32. The van der Waals surface area contributed by atoms with Gasteiger partial charge in [0, 0.05) is 18.3 Å². The Labute approximate surface area is 173 Å². The molecule has 1 N–H and O–H groups in total. The van der Waals surface area contributed by atoms with E-state index in [0.29, 0.717) is 25.7 Å². The number of fused-ring (bicyclic) bond motifs is 1. The maximum absolute atomic E-state index is 13.2. The lowest BCUT2D eigenvalue weighted by atomic mass is 9.90. The van der Waals surface area contributed by atoms with Crippen molar-refractivity contribution in [1.82, 2.24) is 24.8 Å². The van der Waals surface area contributed by atoms with Gasteiger partial charge in [-0.25, -0.2) is 8.42 Å². The number of nitrogens with zero attached hydrogens (tertiary/aromatic N) is 4. The molecule has 0 bridgehead atoms. The van der Waals surface area contributed by atoms with Crippen molar-refractivity contribution in [3.8, 4) is 11.5 Å². The van der Waals surface area contributed by atoms with Gasteiger partial charge in [-0.3, -0.25) is 9.78 Å². The number of hydrogen-bond donors (Lipinski definition) is 1. The molecule has 4 rings (SSSR count). The van der Waals surface area contributed by atoms with Gasteiger partial charge >= 0.3 is 12.9 Å². The SMILES string of the molecule is O=C(N[C@@H]1CCCC[C@H]1N1Cc2ncc(-c3nnc(C(F)F)o3)cc2S1(=O)=O)C(F)F. The molecule has 168 valence electrons. The van der Waals surface area contributed by atoms with Crippen molar-refractivity contribution < 1.29 is 35.2 Å². The molecule has 1 saturated carbocycles. The first-order valence-electron chi connectivity index (χ1n) is 9.39. The van der Waals surface area contributed by atoms with Crippen LogP contribution in [0.5, 0.6) is 0 Å². The highest BCUT2D eigenvalue weighted by atomic mass is 32.2. The van der Waals surface area contributed by atoms with E-state index in [9.17, 15) is 30.8 Å². The van der Waals surface area contributed by atoms with E-state index >= 15 is 0 Å². The van der Waals surface area contributed by atoms with Crippen LogP contribution in [-0.2, 0) is 21.4 Å². The number of halogens is 4. The van der Waals surface area contributed by atoms with Gasteiger partial charge in [0.15, 0.2) is 0 Å². The van der Waals surface area contributed by atoms with E-state index in [1.807, 2.05) is 0 Å². The Kier molecular flexibility index (Phi) is 5.68. The minimum absolute atomic E-state index is 0.0507. The number of aromatic nitrogens is 3. The van der Waals surface area contributed by atoms with E-state index in [4.69, 9.17) is 4.42 Å². The second-order valence-corrected chi connectivity index (χ2v) is 9.09. The van der Waals surface area contributed by atoms with Gasteiger partial charge in [0.25, 0.3) is 11.8 Å². The predicted molar refractivity (Wildman–Crippen MR) is 95.4 cm³/mol. The molecule has 14 heteroatoms. The molecule has 31 heavy (non-hydrogen) atoms. The van der Waals surface area contributed by atoms with Gasteiger partial charge in [-0.05, 0) is 18.9 Å². The Morgan fingerprint density at radius 3 is 2.61 bits per heavy atom. The number of amides is 1. The third-order valence-corrected chi connectivity index (χ3v) is 7.25. The van der Waals surface area contributed by atoms with Gasteiger partial charge in [0.2, 0.25) is 15.9 Å². The molecule has 2 aromatic rings. The first-order chi connectivity index (χ1) is 14.7. The first kappa shape index (κ1) is 21.6. The van der Waals surface area contributed by atoms with Crippen molar-refractivity contribution in [3.63, 3.8) is 0 Å². The average molecular weight is 463 g/mol. The van der Waals surface area contributed by atoms with Crippen LogP contribution in [0, 0.1) is 0 Å². The van der Waals surface area contributed by atoms with Crippen molar-refractivity contribution in [3.05, 3.63) is 23.8 Å². The zero-order chi connectivity index (χ0) is 22.3. The third-order valence-electron chi connectivity index (χ3n) is 5.32. The van der Waals surface area contributed by atoms with Crippen LogP contribution in [-0.4, -0.2) is 52.3 Å². The monoisotopic (exact) mass is 463 g/mol. The molecule has 2 aromatic heterocycles. The molecule has 0 radical (unpaired) electrons. The number of rotatable bonds is 5. The highest BCUT2D eigenvalue weighted by Gasteiger charge is 2.44. The van der Waals surface area contributed by atoms with Crippen molar-refractivity contribution >= 4 is 15.9 Å². The molecular formula is C17H17F4N5O4S. The lowest BCUT2D eigenvalue weighted by molar-refractivity contribution is -0.133. The Balaban J connectivity index is 1.62. The van der Waals surface area contributed by atoms with Gasteiger partial charge in [-0.1, -0.05) is 12.8 Å². The van der Waals surface area contributed by atoms with E-state index in [0.717, 1.165) is 4.31 Å². The molecule has 0 aromatic carbocycles. The fourth-order valence-corrected chi connectivity index (χ4v) is 5.74. The number of sulfonamides is 1. The molecule has 3 heterocycles. The van der Waals surface area contributed by atoms with E-state index in [1.54, 1.807) is 0 Å². The Morgan fingerprint density at radius 2 is 1.94 bits per heavy atom. The topological polar surface area (TPSA) is 118 Å². The second kappa shape index (κ2) is 8.15. The Hall–Kier alpha value is -2.61. The number of alkyl halides is 4. The van der Waals surface area contributed by atoms with Crippen LogP contribution >= 0.6 is 0 Å². The van der Waals surface area contributed by atoms with Crippen LogP contribution in [0.25, 0.3) is 11.5 Å². The van der Waals surface area contributed by atoms with Crippen molar-refractivity contribution in [1.29, 1.82) is 0 Å². The molecule has 1 aliphatic heterocycles. The molecule has 0 saturated heterocycles. The number of hydrogen-bond acceptors (Lipinski definition) is 7. The number of nitrogens with one attached hydrogen (secondary N) is 1. The highest BCUT2D eigenvalue weighted by molar-refractivity contribution is 7.89. The van der Waals surface area contributed by atoms with Crippen molar-refractivity contribution in [2.24, 2.45) is 0 Å². The smallest absolute Gasteiger partial charge is 0.315 e. The summed E-state index contributed by atoms with van der Waals surface area (Å²) >= 11 is 0. The fraction of sp³-hybridized carbons (Fsp3) is 0.529. The van der Waals surface area contributed by atoms with E-state index in [-0.39, 0.29) is 28.6 Å². The van der Waals surface area contributed by atoms with Gasteiger partial charge in [-0.15, -0.1) is 10.2 Å². The van der Waals surface area contributed by atoms with Gasteiger partial charge in [0.1, 0.15) is 4.90 Å². The molecule has 2 aliphatic rings. The zero-order valence-electron chi connectivity index (χ0n) is 15.8. The summed E-state index contributed by atoms with van der Waals surface area (Å²) in [5, 5.41) is 8.93. The van der Waals surface area contributed by atoms with E-state index in [1.165, 1.54) is 12.3 Å². The van der Waals surface area contributed by atoms with Crippen LogP contribution in [0.2, 0.25) is 0 Å². The molecule has 0 unspecified atom stereocenters. The minimum Gasteiger partial charge on any atom is -0.415 e. The molecule has 2 atom stereocenters. The Morgan fingerprint density at radius 1 is 1.19 bits per heavy atom. The second-order valence-electron chi connectivity index (χ2n) is 7.23. The van der Waals surface area contributed by atoms with Gasteiger partial charge in [0.05, 0.1) is 17.8 Å². The summed E-state index contributed by atoms with van der Waals surface area (Å²) in [5.41, 5.74) is 0.261. The summed E-state index contributed by atoms with van der Waals surface area (Å²) in [6.45, 7) is -0.101. The van der Waals surface area contributed by atoms with Crippen molar-refractivity contribution in [2.75, 3.05) is 0 Å². The molecule has 1 fully saturated rings. The van der Waals surface area contributed by atoms with E-state index in [2.05, 4.69) is 20.5 Å². The summed E-state index contributed by atoms with van der Waals surface area (Å²) in [6, 6.07) is -0.271. The highest BCUT2D eigenvalue weighted by Crippen LogP contribution is 2.37. The lowest BCUT2D eigenvalue weighted by Crippen LogP contribution is -2.54. The summed E-state index contributed by atoms with van der Waals surface area (Å²) in [7, 11) is -4.08. The summed E-state index contributed by atoms with van der Waals surface area (Å²) in [5.74, 6) is -2.66. The summed E-state index contributed by atoms with van der Waals surface area (Å²) in [6.07, 6.45) is -2.86. The van der Waals surface area contributed by atoms with Gasteiger partial charge < -0.3 is 9.73 Å². The molecule has 0 spiro atoms. The summed E-state index contributed by atoms with van der Waals surface area (Å²) < 4.78 is 83.1. The van der Waals surface area contributed by atoms with Crippen LogP contribution in [0.1, 0.15) is 43.7 Å². The number of pyridine rings is 1. The largest absolute Gasteiger partial charge is 0.415 e. The van der Waals surface area contributed by atoms with Crippen LogP contribution < -0.4 is 5.32 Å². The number of carbonyl (C=O) groups excluding carboxylic acids is 1. The van der Waals surface area contributed by atoms with Crippen molar-refractivity contribution in [2.45, 2.75) is 62.1 Å². The minimum atomic E-state index is -4.08. The van der Waals surface area contributed by atoms with Crippen LogP contribution in [0.3, 0.4) is 0 Å². The number of carbonyl (C=O) groups is 1. The molecule has 9 nitrogen and oxygen atoms in total. The van der Waals surface area contributed by atoms with Gasteiger partial charge in [-0.2, -0.15) is 21.9 Å². The lowest BCUT2D eigenvalue weighted by Gasteiger charge is -2.37.